The van der Waals surface area contributed by atoms with Crippen molar-refractivity contribution >= 4 is 31.9 Å². The highest BCUT2D eigenvalue weighted by atomic mass is 79.9. The predicted octanol–water partition coefficient (Wildman–Crippen LogP) is 4.44. The third kappa shape index (κ3) is 3.16. The maximum Gasteiger partial charge on any atom is 0.125 e. The minimum absolute atomic E-state index is 0.394. The maximum absolute atomic E-state index is 13.3. The zero-order valence-electron chi connectivity index (χ0n) is 10.0. The Bertz CT molecular complexity index is 602. The fraction of sp³-hybridized carbons (Fsp3) is 0.143. The van der Waals surface area contributed by atoms with E-state index in [9.17, 15) is 9.50 Å². The highest BCUT2D eigenvalue weighted by Crippen LogP contribution is 2.35. The summed E-state index contributed by atoms with van der Waals surface area (Å²) in [5, 5.41) is 10.4. The smallest absolute Gasteiger partial charge is 0.125 e. The average molecular weight is 390 g/mol. The largest absolute Gasteiger partial charge is 0.496 e. The third-order valence-electron chi connectivity index (χ3n) is 2.74. The van der Waals surface area contributed by atoms with Gasteiger partial charge in [-0.25, -0.2) is 4.39 Å². The van der Waals surface area contributed by atoms with Crippen LogP contribution in [-0.4, -0.2) is 12.2 Å². The van der Waals surface area contributed by atoms with E-state index < -0.39 is 11.9 Å². The Hall–Kier alpha value is -0.910. The first-order valence-electron chi connectivity index (χ1n) is 5.49. The van der Waals surface area contributed by atoms with Crippen molar-refractivity contribution in [1.82, 2.24) is 0 Å². The Balaban J connectivity index is 2.49. The van der Waals surface area contributed by atoms with Gasteiger partial charge in [0.15, 0.2) is 0 Å². The standard InChI is InChI=1S/C14H11Br2FO2/c1-19-13-5-3-9(17)7-11(13)14(18)10-4-2-8(15)6-12(10)16/h2-7,14,18H,1H3. The van der Waals surface area contributed by atoms with Crippen LogP contribution in [0.25, 0.3) is 0 Å². The highest BCUT2D eigenvalue weighted by molar-refractivity contribution is 9.11. The molecule has 0 heterocycles. The molecule has 0 saturated heterocycles. The SMILES string of the molecule is COc1ccc(F)cc1C(O)c1ccc(Br)cc1Br. The topological polar surface area (TPSA) is 29.5 Å². The van der Waals surface area contributed by atoms with Crippen LogP contribution in [0.2, 0.25) is 0 Å². The van der Waals surface area contributed by atoms with Gasteiger partial charge >= 0.3 is 0 Å². The summed E-state index contributed by atoms with van der Waals surface area (Å²) in [7, 11) is 1.49. The number of halogens is 3. The second-order valence-electron chi connectivity index (χ2n) is 3.95. The molecule has 2 aromatic carbocycles. The van der Waals surface area contributed by atoms with E-state index in [1.54, 1.807) is 6.07 Å². The lowest BCUT2D eigenvalue weighted by Crippen LogP contribution is -2.04. The van der Waals surface area contributed by atoms with Crippen LogP contribution in [0.4, 0.5) is 4.39 Å². The second kappa shape index (κ2) is 6.03. The summed E-state index contributed by atoms with van der Waals surface area (Å²) < 4.78 is 20.1. The van der Waals surface area contributed by atoms with Crippen molar-refractivity contribution in [1.29, 1.82) is 0 Å². The van der Waals surface area contributed by atoms with Crippen LogP contribution in [0.3, 0.4) is 0 Å². The van der Waals surface area contributed by atoms with Crippen LogP contribution in [-0.2, 0) is 0 Å². The quantitative estimate of drug-likeness (QED) is 0.840. The van der Waals surface area contributed by atoms with Crippen molar-refractivity contribution in [2.75, 3.05) is 7.11 Å². The normalized spacial score (nSPS) is 12.3. The number of hydrogen-bond acceptors (Lipinski definition) is 2. The van der Waals surface area contributed by atoms with Crippen LogP contribution in [0.15, 0.2) is 45.3 Å². The second-order valence-corrected chi connectivity index (χ2v) is 5.72. The van der Waals surface area contributed by atoms with E-state index in [0.29, 0.717) is 16.9 Å². The van der Waals surface area contributed by atoms with Gasteiger partial charge in [0, 0.05) is 14.5 Å². The Kier molecular flexibility index (Phi) is 4.60. The molecule has 1 atom stereocenters. The Labute approximate surface area is 127 Å². The van der Waals surface area contributed by atoms with Crippen LogP contribution in [0.1, 0.15) is 17.2 Å². The molecule has 0 spiro atoms. The summed E-state index contributed by atoms with van der Waals surface area (Å²) >= 11 is 6.73. The number of rotatable bonds is 3. The maximum atomic E-state index is 13.3. The van der Waals surface area contributed by atoms with E-state index in [1.165, 1.54) is 25.3 Å². The van der Waals surface area contributed by atoms with Gasteiger partial charge in [0.2, 0.25) is 0 Å². The minimum atomic E-state index is -0.965. The van der Waals surface area contributed by atoms with Gasteiger partial charge in [-0.3, -0.25) is 0 Å². The van der Waals surface area contributed by atoms with Crippen LogP contribution in [0, 0.1) is 5.82 Å². The molecule has 0 aliphatic rings. The fourth-order valence-corrected chi connectivity index (χ4v) is 3.07. The molecule has 0 radical (unpaired) electrons. The first-order chi connectivity index (χ1) is 9.02. The van der Waals surface area contributed by atoms with Gasteiger partial charge in [-0.05, 0) is 35.9 Å². The van der Waals surface area contributed by atoms with Crippen molar-refractivity contribution in [3.05, 3.63) is 62.3 Å². The number of methoxy groups -OCH3 is 1. The van der Waals surface area contributed by atoms with Gasteiger partial charge in [-0.15, -0.1) is 0 Å². The van der Waals surface area contributed by atoms with Crippen molar-refractivity contribution in [2.24, 2.45) is 0 Å². The molecule has 0 amide bonds. The Morgan fingerprint density at radius 1 is 1.11 bits per heavy atom. The molecule has 100 valence electrons. The summed E-state index contributed by atoms with van der Waals surface area (Å²) in [5.74, 6) is 0.0341. The summed E-state index contributed by atoms with van der Waals surface area (Å²) in [6, 6.07) is 9.48. The Morgan fingerprint density at radius 2 is 1.84 bits per heavy atom. The molecule has 0 aliphatic heterocycles. The van der Waals surface area contributed by atoms with Gasteiger partial charge in [0.1, 0.15) is 17.7 Å². The van der Waals surface area contributed by atoms with Crippen molar-refractivity contribution in [3.63, 3.8) is 0 Å². The van der Waals surface area contributed by atoms with Gasteiger partial charge in [-0.2, -0.15) is 0 Å². The first-order valence-corrected chi connectivity index (χ1v) is 7.08. The lowest BCUT2D eigenvalue weighted by Gasteiger charge is -2.16. The van der Waals surface area contributed by atoms with E-state index in [0.717, 1.165) is 8.95 Å². The van der Waals surface area contributed by atoms with Crippen molar-refractivity contribution < 1.29 is 14.2 Å². The minimum Gasteiger partial charge on any atom is -0.496 e. The average Bonchev–Trinajstić information content (AvgIpc) is 2.38. The lowest BCUT2D eigenvalue weighted by molar-refractivity contribution is 0.213. The van der Waals surface area contributed by atoms with Gasteiger partial charge in [0.05, 0.1) is 7.11 Å². The number of aliphatic hydroxyl groups is 1. The molecular weight excluding hydrogens is 379 g/mol. The number of benzene rings is 2. The van der Waals surface area contributed by atoms with E-state index in [1.807, 2.05) is 12.1 Å². The van der Waals surface area contributed by atoms with Crippen molar-refractivity contribution in [2.45, 2.75) is 6.10 Å². The van der Waals surface area contributed by atoms with Crippen molar-refractivity contribution in [3.8, 4) is 5.75 Å². The molecule has 5 heteroatoms. The summed E-state index contributed by atoms with van der Waals surface area (Å²) in [4.78, 5) is 0. The fourth-order valence-electron chi connectivity index (χ4n) is 1.81. The van der Waals surface area contributed by atoms with E-state index in [4.69, 9.17) is 4.74 Å². The number of hydrogen-bond donors (Lipinski definition) is 1. The van der Waals surface area contributed by atoms with Gasteiger partial charge in [0.25, 0.3) is 0 Å². The molecule has 0 saturated carbocycles. The molecular formula is C14H11Br2FO2. The predicted molar refractivity (Wildman–Crippen MR) is 78.9 cm³/mol. The molecule has 2 nitrogen and oxygen atoms in total. The zero-order valence-corrected chi connectivity index (χ0v) is 13.2. The monoisotopic (exact) mass is 388 g/mol. The van der Waals surface area contributed by atoms with Gasteiger partial charge < -0.3 is 9.84 Å². The molecule has 0 bridgehead atoms. The van der Waals surface area contributed by atoms with E-state index >= 15 is 0 Å². The summed E-state index contributed by atoms with van der Waals surface area (Å²) in [6.07, 6.45) is -0.965. The highest BCUT2D eigenvalue weighted by Gasteiger charge is 2.18. The number of ether oxygens (including phenoxy) is 1. The summed E-state index contributed by atoms with van der Waals surface area (Å²) in [5.41, 5.74) is 1.04. The molecule has 0 aromatic heterocycles. The molecule has 2 rings (SSSR count). The summed E-state index contributed by atoms with van der Waals surface area (Å²) in [6.45, 7) is 0. The van der Waals surface area contributed by atoms with Crippen LogP contribution in [0.5, 0.6) is 5.75 Å². The van der Waals surface area contributed by atoms with Gasteiger partial charge in [-0.1, -0.05) is 37.9 Å². The molecule has 0 aliphatic carbocycles. The molecule has 0 fully saturated rings. The molecule has 2 aromatic rings. The van der Waals surface area contributed by atoms with E-state index in [2.05, 4.69) is 31.9 Å². The molecule has 1 unspecified atom stereocenters. The van der Waals surface area contributed by atoms with Crippen LogP contribution < -0.4 is 4.74 Å². The molecule has 1 N–H and O–H groups in total. The zero-order chi connectivity index (χ0) is 14.0. The molecule has 19 heavy (non-hydrogen) atoms. The first kappa shape index (κ1) is 14.5. The third-order valence-corrected chi connectivity index (χ3v) is 3.92. The van der Waals surface area contributed by atoms with Crippen LogP contribution >= 0.6 is 31.9 Å². The Morgan fingerprint density at radius 3 is 2.47 bits per heavy atom. The van der Waals surface area contributed by atoms with E-state index in [-0.39, 0.29) is 0 Å². The lowest BCUT2D eigenvalue weighted by atomic mass is 10.0. The number of aliphatic hydroxyl groups excluding tert-OH is 1.